The highest BCUT2D eigenvalue weighted by Gasteiger charge is 2.38. The molecular weight excluding hydrogens is 614 g/mol. The summed E-state index contributed by atoms with van der Waals surface area (Å²) in [6.07, 6.45) is 2.77. The van der Waals surface area contributed by atoms with Crippen molar-refractivity contribution in [2.45, 2.75) is 57.8 Å². The van der Waals surface area contributed by atoms with Crippen LogP contribution in [0.3, 0.4) is 0 Å². The maximum absolute atomic E-state index is 13.9. The summed E-state index contributed by atoms with van der Waals surface area (Å²) in [5, 5.41) is 13.5. The van der Waals surface area contributed by atoms with Gasteiger partial charge in [-0.25, -0.2) is 9.37 Å². The minimum Gasteiger partial charge on any atom is -0.475 e. The van der Waals surface area contributed by atoms with Crippen molar-refractivity contribution in [1.29, 1.82) is 5.26 Å². The molecule has 3 aromatic rings. The summed E-state index contributed by atoms with van der Waals surface area (Å²) in [4.78, 5) is 25.9. The highest BCUT2D eigenvalue weighted by Crippen LogP contribution is 2.42. The third-order valence-corrected chi connectivity index (χ3v) is 10.2. The van der Waals surface area contributed by atoms with Gasteiger partial charge in [0.2, 0.25) is 5.88 Å². The van der Waals surface area contributed by atoms with Gasteiger partial charge in [0.15, 0.2) is 5.83 Å². The maximum Gasteiger partial charge on any atom is 0.282 e. The first-order valence-corrected chi connectivity index (χ1v) is 16.2. The van der Waals surface area contributed by atoms with Crippen LogP contribution in [0.4, 0.5) is 15.8 Å². The van der Waals surface area contributed by atoms with E-state index in [1.54, 1.807) is 4.90 Å². The number of nitriles is 1. The number of hydrogen-bond donors (Lipinski definition) is 0. The number of halogens is 3. The molecule has 2 fully saturated rings. The van der Waals surface area contributed by atoms with Gasteiger partial charge >= 0.3 is 0 Å². The van der Waals surface area contributed by atoms with Crippen LogP contribution >= 0.6 is 23.2 Å². The Kier molecular flexibility index (Phi) is 8.84. The van der Waals surface area contributed by atoms with Crippen LogP contribution in [-0.2, 0) is 17.8 Å². The second kappa shape index (κ2) is 12.7. The van der Waals surface area contributed by atoms with Crippen LogP contribution in [0.15, 0.2) is 42.7 Å². The molecule has 0 spiro atoms. The summed E-state index contributed by atoms with van der Waals surface area (Å²) in [7, 11) is 2.09. The van der Waals surface area contributed by atoms with E-state index in [1.165, 1.54) is 0 Å². The summed E-state index contributed by atoms with van der Waals surface area (Å²) in [6, 6.07) is 11.9. The smallest absolute Gasteiger partial charge is 0.282 e. The zero-order valence-corrected chi connectivity index (χ0v) is 27.3. The largest absolute Gasteiger partial charge is 0.475 e. The summed E-state index contributed by atoms with van der Waals surface area (Å²) in [5.41, 5.74) is 3.98. The number of benzene rings is 2. The lowest BCUT2D eigenvalue weighted by molar-refractivity contribution is -0.133. The van der Waals surface area contributed by atoms with E-state index in [1.807, 2.05) is 44.2 Å². The Morgan fingerprint density at radius 1 is 1.16 bits per heavy atom. The number of fused-ring (bicyclic) bond motifs is 2. The minimum atomic E-state index is -0.969. The van der Waals surface area contributed by atoms with Crippen molar-refractivity contribution < 1.29 is 13.9 Å². The number of likely N-dealkylation sites (tertiary alicyclic amines) is 1. The minimum absolute atomic E-state index is 0.250. The maximum atomic E-state index is 13.9. The van der Waals surface area contributed by atoms with Gasteiger partial charge in [-0.2, -0.15) is 5.26 Å². The molecule has 3 atom stereocenters. The van der Waals surface area contributed by atoms with Crippen molar-refractivity contribution in [2.75, 3.05) is 49.6 Å². The van der Waals surface area contributed by atoms with E-state index in [2.05, 4.69) is 34.4 Å². The lowest BCUT2D eigenvalue weighted by Crippen LogP contribution is -2.59. The molecule has 2 saturated heterocycles. The van der Waals surface area contributed by atoms with Gasteiger partial charge in [0, 0.05) is 54.4 Å². The molecule has 236 valence electrons. The molecule has 3 aliphatic heterocycles. The fourth-order valence-electron chi connectivity index (χ4n) is 7.26. The second-order valence-electron chi connectivity index (χ2n) is 12.4. The number of anilines is 2. The molecule has 0 bridgehead atoms. The number of hydrogen-bond acceptors (Lipinski definition) is 7. The highest BCUT2D eigenvalue weighted by molar-refractivity contribution is 6.46. The van der Waals surface area contributed by atoms with Gasteiger partial charge in [0.25, 0.3) is 5.91 Å². The second-order valence-corrected chi connectivity index (χ2v) is 13.2. The Bertz CT molecular complexity index is 1700. The van der Waals surface area contributed by atoms with Gasteiger partial charge in [-0.15, -0.1) is 0 Å². The van der Waals surface area contributed by atoms with Gasteiger partial charge in [-0.1, -0.05) is 48.0 Å². The number of likely N-dealkylation sites (N-methyl/N-ethyl adjacent to an activating group) is 1. The first-order valence-electron chi connectivity index (χ1n) is 15.4. The van der Waals surface area contributed by atoms with Gasteiger partial charge in [0.1, 0.15) is 18.2 Å². The van der Waals surface area contributed by atoms with Crippen molar-refractivity contribution >= 4 is 51.3 Å². The van der Waals surface area contributed by atoms with Crippen molar-refractivity contribution in [3.63, 3.8) is 0 Å². The molecule has 0 saturated carbocycles. The molecular formula is C34H37Cl2FN6O2. The number of carbonyl (C=O) groups is 1. The Labute approximate surface area is 273 Å². The Morgan fingerprint density at radius 2 is 1.91 bits per heavy atom. The van der Waals surface area contributed by atoms with Crippen LogP contribution < -0.4 is 14.5 Å². The fraction of sp³-hybridized carbons (Fsp3) is 0.441. The first kappa shape index (κ1) is 31.4. The summed E-state index contributed by atoms with van der Waals surface area (Å²) in [5.74, 6) is -1.34. The average Bonchev–Trinajstić information content (AvgIpc) is 3.44. The van der Waals surface area contributed by atoms with E-state index in [4.69, 9.17) is 32.9 Å². The topological polar surface area (TPSA) is 75.9 Å². The number of amides is 1. The lowest BCUT2D eigenvalue weighted by Gasteiger charge is -2.46. The number of rotatable bonds is 6. The van der Waals surface area contributed by atoms with Crippen LogP contribution in [0.1, 0.15) is 43.5 Å². The number of aromatic nitrogens is 1. The Balaban J connectivity index is 1.41. The Hall–Kier alpha value is -3.58. The van der Waals surface area contributed by atoms with Gasteiger partial charge in [-0.05, 0) is 64.2 Å². The summed E-state index contributed by atoms with van der Waals surface area (Å²) >= 11 is 13.2. The molecule has 4 heterocycles. The predicted molar refractivity (Wildman–Crippen MR) is 177 cm³/mol. The van der Waals surface area contributed by atoms with Crippen LogP contribution in [0, 0.1) is 11.3 Å². The van der Waals surface area contributed by atoms with E-state index in [-0.39, 0.29) is 18.1 Å². The molecule has 0 radical (unpaired) electrons. The van der Waals surface area contributed by atoms with Gasteiger partial charge in [0.05, 0.1) is 28.0 Å². The molecule has 1 amide bonds. The quantitative estimate of drug-likeness (QED) is 0.288. The zero-order valence-electron chi connectivity index (χ0n) is 25.8. The van der Waals surface area contributed by atoms with E-state index in [9.17, 15) is 14.4 Å². The third-order valence-electron chi connectivity index (χ3n) is 9.44. The number of ether oxygens (including phenoxy) is 1. The number of pyridine rings is 1. The molecule has 45 heavy (non-hydrogen) atoms. The SMILES string of the molecule is C=C(F)C(=O)N1[C@H](C)CN(c2c(C#N)c(OC[C@@H]3CCCN3C)nc3c2CCN(c2cccc4ccc(Cl)c(Cl)c24)C3)C[C@@H]1C. The molecule has 8 nitrogen and oxygen atoms in total. The molecule has 0 aliphatic carbocycles. The highest BCUT2D eigenvalue weighted by atomic mass is 35.5. The van der Waals surface area contributed by atoms with E-state index in [0.717, 1.165) is 52.8 Å². The molecule has 6 rings (SSSR count). The van der Waals surface area contributed by atoms with Crippen LogP contribution in [0.25, 0.3) is 10.8 Å². The summed E-state index contributed by atoms with van der Waals surface area (Å²) < 4.78 is 20.3. The Morgan fingerprint density at radius 3 is 2.58 bits per heavy atom. The van der Waals surface area contributed by atoms with Crippen molar-refractivity contribution in [1.82, 2.24) is 14.8 Å². The molecule has 0 unspecified atom stereocenters. The van der Waals surface area contributed by atoms with Gasteiger partial charge < -0.3 is 24.3 Å². The van der Waals surface area contributed by atoms with Crippen molar-refractivity contribution in [3.05, 3.63) is 69.6 Å². The molecule has 1 aromatic heterocycles. The van der Waals surface area contributed by atoms with E-state index >= 15 is 0 Å². The number of carbonyl (C=O) groups excluding carboxylic acids is 1. The number of piperazine rings is 1. The fourth-order valence-corrected chi connectivity index (χ4v) is 7.69. The van der Waals surface area contributed by atoms with Crippen LogP contribution in [0.2, 0.25) is 10.0 Å². The molecule has 2 aromatic carbocycles. The summed E-state index contributed by atoms with van der Waals surface area (Å²) in [6.45, 7) is 10.5. The molecule has 11 heteroatoms. The van der Waals surface area contributed by atoms with E-state index in [0.29, 0.717) is 60.7 Å². The molecule has 3 aliphatic rings. The number of nitrogens with zero attached hydrogens (tertiary/aromatic N) is 6. The third kappa shape index (κ3) is 5.80. The standard InChI is InChI=1S/C34H37Cl2FN6O2/c1-20-16-42(17-21(2)43(20)34(44)22(3)37)32-25-12-14-41(29-9-5-7-23-10-11-27(35)31(36)30(23)29)18-28(25)39-33(26(32)15-38)45-19-24-8-6-13-40(24)4/h5,7,9-11,20-21,24H,3,6,8,12-14,16-19H2,1-2,4H3/t20-,21+,24-/m0/s1. The van der Waals surface area contributed by atoms with Crippen molar-refractivity contribution in [2.24, 2.45) is 0 Å². The average molecular weight is 652 g/mol. The van der Waals surface area contributed by atoms with Crippen LogP contribution in [0.5, 0.6) is 5.88 Å². The first-order chi connectivity index (χ1) is 21.6. The molecule has 0 N–H and O–H groups in total. The van der Waals surface area contributed by atoms with Crippen molar-refractivity contribution in [3.8, 4) is 11.9 Å². The predicted octanol–water partition coefficient (Wildman–Crippen LogP) is 6.36. The van der Waals surface area contributed by atoms with Crippen LogP contribution in [-0.4, -0.2) is 78.7 Å². The van der Waals surface area contributed by atoms with E-state index < -0.39 is 11.7 Å². The van der Waals surface area contributed by atoms with Gasteiger partial charge in [-0.3, -0.25) is 4.79 Å². The monoisotopic (exact) mass is 650 g/mol. The normalized spacial score (nSPS) is 22.0. The zero-order chi connectivity index (χ0) is 32.0. The lowest BCUT2D eigenvalue weighted by atomic mass is 9.96.